The average Bonchev–Trinajstić information content (AvgIpc) is 3.14. The minimum absolute atomic E-state index is 0.0307. The number of hydrogen-bond donors (Lipinski definition) is 1. The van der Waals surface area contributed by atoms with Gasteiger partial charge >= 0.3 is 0 Å². The Bertz CT molecular complexity index is 1000. The van der Waals surface area contributed by atoms with Crippen LogP contribution >= 0.6 is 11.3 Å². The number of morpholine rings is 1. The van der Waals surface area contributed by atoms with E-state index in [0.717, 1.165) is 65.7 Å². The second-order valence-corrected chi connectivity index (χ2v) is 9.20. The number of carbonyl (C=O) groups is 1. The summed E-state index contributed by atoms with van der Waals surface area (Å²) in [5.74, 6) is 0.0307. The van der Waals surface area contributed by atoms with Crippen LogP contribution in [0, 0.1) is 20.8 Å². The lowest BCUT2D eigenvalue weighted by Gasteiger charge is -2.25. The first-order valence-corrected chi connectivity index (χ1v) is 11.5. The molecule has 6 heteroatoms. The molecule has 5 nitrogen and oxygen atoms in total. The predicted molar refractivity (Wildman–Crippen MR) is 123 cm³/mol. The first kappa shape index (κ1) is 21.0. The molecular weight excluding hydrogens is 394 g/mol. The van der Waals surface area contributed by atoms with Crippen molar-refractivity contribution in [3.8, 4) is 0 Å². The van der Waals surface area contributed by atoms with Crippen LogP contribution in [0.4, 0.5) is 5.13 Å². The Morgan fingerprint density at radius 2 is 1.90 bits per heavy atom. The minimum Gasteiger partial charge on any atom is -0.370 e. The molecule has 3 aromatic rings. The van der Waals surface area contributed by atoms with E-state index in [2.05, 4.69) is 26.0 Å². The molecule has 1 fully saturated rings. The normalized spacial score (nSPS) is 14.9. The van der Waals surface area contributed by atoms with Gasteiger partial charge in [0, 0.05) is 18.5 Å². The van der Waals surface area contributed by atoms with E-state index in [1.54, 1.807) is 16.2 Å². The highest BCUT2D eigenvalue weighted by Crippen LogP contribution is 2.31. The van der Waals surface area contributed by atoms with Crippen molar-refractivity contribution in [3.63, 3.8) is 0 Å². The third-order valence-corrected chi connectivity index (χ3v) is 6.89. The lowest BCUT2D eigenvalue weighted by Crippen LogP contribution is -3.14. The Labute approximate surface area is 182 Å². The fourth-order valence-corrected chi connectivity index (χ4v) is 4.97. The molecule has 1 aromatic heterocycles. The van der Waals surface area contributed by atoms with Gasteiger partial charge in [-0.1, -0.05) is 29.0 Å². The summed E-state index contributed by atoms with van der Waals surface area (Å²) >= 11 is 1.61. The van der Waals surface area contributed by atoms with Crippen molar-refractivity contribution in [3.05, 3.63) is 58.7 Å². The van der Waals surface area contributed by atoms with E-state index in [1.807, 2.05) is 36.1 Å². The van der Waals surface area contributed by atoms with Gasteiger partial charge in [-0.2, -0.15) is 0 Å². The van der Waals surface area contributed by atoms with E-state index in [1.165, 1.54) is 11.1 Å². The summed E-state index contributed by atoms with van der Waals surface area (Å²) < 4.78 is 6.60. The molecule has 2 heterocycles. The van der Waals surface area contributed by atoms with Gasteiger partial charge in [0.15, 0.2) is 5.13 Å². The summed E-state index contributed by atoms with van der Waals surface area (Å²) in [5, 5.41) is 0.790. The van der Waals surface area contributed by atoms with E-state index in [-0.39, 0.29) is 5.91 Å². The van der Waals surface area contributed by atoms with Gasteiger partial charge in [-0.3, -0.25) is 9.69 Å². The van der Waals surface area contributed by atoms with Gasteiger partial charge in [-0.15, -0.1) is 0 Å². The number of anilines is 1. The van der Waals surface area contributed by atoms with Crippen molar-refractivity contribution < 1.29 is 14.4 Å². The molecule has 0 bridgehead atoms. The number of nitrogens with zero attached hydrogens (tertiary/aromatic N) is 2. The molecule has 1 aliphatic heterocycles. The highest BCUT2D eigenvalue weighted by atomic mass is 32.1. The second kappa shape index (κ2) is 9.25. The molecule has 4 rings (SSSR count). The van der Waals surface area contributed by atoms with Gasteiger partial charge in [-0.25, -0.2) is 4.98 Å². The molecule has 0 spiro atoms. The number of fused-ring (bicyclic) bond motifs is 1. The van der Waals surface area contributed by atoms with Crippen molar-refractivity contribution in [1.29, 1.82) is 0 Å². The smallest absolute Gasteiger partial charge is 0.260 e. The molecule has 30 heavy (non-hydrogen) atoms. The molecule has 2 aromatic carbocycles. The number of ether oxygens (including phenoxy) is 1. The number of amides is 1. The van der Waals surface area contributed by atoms with Gasteiger partial charge < -0.3 is 9.64 Å². The third kappa shape index (κ3) is 4.72. The van der Waals surface area contributed by atoms with Gasteiger partial charge in [0.2, 0.25) is 0 Å². The van der Waals surface area contributed by atoms with Crippen molar-refractivity contribution >= 4 is 32.6 Å². The average molecular weight is 425 g/mol. The summed E-state index contributed by atoms with van der Waals surface area (Å²) in [5.41, 5.74) is 5.27. The van der Waals surface area contributed by atoms with Gasteiger partial charge in [0.25, 0.3) is 5.91 Å². The highest BCUT2D eigenvalue weighted by Gasteiger charge is 2.23. The monoisotopic (exact) mass is 424 g/mol. The Kier molecular flexibility index (Phi) is 6.46. The lowest BCUT2D eigenvalue weighted by atomic mass is 10.1. The molecule has 0 unspecified atom stereocenters. The van der Waals surface area contributed by atoms with E-state index in [0.29, 0.717) is 6.54 Å². The summed E-state index contributed by atoms with van der Waals surface area (Å²) in [4.78, 5) is 21.7. The number of aryl methyl sites for hydroxylation is 3. The van der Waals surface area contributed by atoms with Gasteiger partial charge in [0.05, 0.1) is 30.0 Å². The Balaban J connectivity index is 1.59. The van der Waals surface area contributed by atoms with Gasteiger partial charge in [0.1, 0.15) is 13.1 Å². The zero-order valence-corrected chi connectivity index (χ0v) is 18.8. The molecule has 0 radical (unpaired) electrons. The fraction of sp³-hybridized carbons (Fsp3) is 0.417. The molecule has 158 valence electrons. The van der Waals surface area contributed by atoms with E-state index < -0.39 is 0 Å². The maximum absolute atomic E-state index is 13.5. The van der Waals surface area contributed by atoms with Crippen molar-refractivity contribution in [2.24, 2.45) is 0 Å². The van der Waals surface area contributed by atoms with Crippen molar-refractivity contribution in [2.45, 2.75) is 27.2 Å². The van der Waals surface area contributed by atoms with Crippen LogP contribution in [-0.4, -0.2) is 50.3 Å². The van der Waals surface area contributed by atoms with Crippen LogP contribution in [-0.2, 0) is 4.74 Å². The van der Waals surface area contributed by atoms with Crippen molar-refractivity contribution in [1.82, 2.24) is 4.98 Å². The number of aromatic nitrogens is 1. The second-order valence-electron chi connectivity index (χ2n) is 8.19. The van der Waals surface area contributed by atoms with E-state index in [9.17, 15) is 4.79 Å². The quantitative estimate of drug-likeness (QED) is 0.661. The first-order chi connectivity index (χ1) is 14.5. The molecule has 1 amide bonds. The van der Waals surface area contributed by atoms with Crippen LogP contribution in [0.25, 0.3) is 10.2 Å². The number of hydrogen-bond acceptors (Lipinski definition) is 4. The molecular formula is C24H30N3O2S+. The molecule has 0 atom stereocenters. The lowest BCUT2D eigenvalue weighted by molar-refractivity contribution is -0.908. The van der Waals surface area contributed by atoms with Crippen LogP contribution < -0.4 is 9.80 Å². The van der Waals surface area contributed by atoms with Crippen LogP contribution in [0.5, 0.6) is 0 Å². The number of thiazole rings is 1. The Morgan fingerprint density at radius 3 is 2.67 bits per heavy atom. The van der Waals surface area contributed by atoms with Gasteiger partial charge in [-0.05, 0) is 56.2 Å². The summed E-state index contributed by atoms with van der Waals surface area (Å²) in [6, 6.07) is 12.1. The molecule has 0 aliphatic carbocycles. The molecule has 1 N–H and O–H groups in total. The molecule has 0 saturated carbocycles. The van der Waals surface area contributed by atoms with E-state index >= 15 is 0 Å². The number of benzene rings is 2. The molecule has 1 saturated heterocycles. The van der Waals surface area contributed by atoms with Crippen LogP contribution in [0.3, 0.4) is 0 Å². The Morgan fingerprint density at radius 1 is 1.13 bits per heavy atom. The third-order valence-electron chi connectivity index (χ3n) is 5.85. The number of quaternary nitrogens is 1. The standard InChI is InChI=1S/C24H29N3O2S/c1-17-6-4-7-20(14-17)23(28)27(9-5-8-26-10-12-29-13-11-26)24-25-21-15-18(2)19(3)16-22(21)30-24/h4,6-7,14-16H,5,8-13H2,1-3H3/p+1. The SMILES string of the molecule is Cc1cccc(C(=O)N(CCC[NH+]2CCOCC2)c2nc3cc(C)c(C)cc3s2)c1. The number of nitrogens with one attached hydrogen (secondary N) is 1. The fourth-order valence-electron chi connectivity index (χ4n) is 3.90. The van der Waals surface area contributed by atoms with Crippen LogP contribution in [0.15, 0.2) is 36.4 Å². The maximum atomic E-state index is 13.5. The van der Waals surface area contributed by atoms with Crippen molar-refractivity contribution in [2.75, 3.05) is 44.3 Å². The minimum atomic E-state index is 0.0307. The van der Waals surface area contributed by atoms with Crippen LogP contribution in [0.2, 0.25) is 0 Å². The topological polar surface area (TPSA) is 46.9 Å². The van der Waals surface area contributed by atoms with E-state index in [4.69, 9.17) is 9.72 Å². The highest BCUT2D eigenvalue weighted by molar-refractivity contribution is 7.22. The number of carbonyl (C=O) groups excluding carboxylic acids is 1. The molecule has 1 aliphatic rings. The van der Waals surface area contributed by atoms with Crippen LogP contribution in [0.1, 0.15) is 33.5 Å². The Hall–Kier alpha value is -2.28. The maximum Gasteiger partial charge on any atom is 0.260 e. The predicted octanol–water partition coefficient (Wildman–Crippen LogP) is 3.17. The summed E-state index contributed by atoms with van der Waals surface area (Å²) in [7, 11) is 0. The summed E-state index contributed by atoms with van der Waals surface area (Å²) in [6.07, 6.45) is 0.945. The largest absolute Gasteiger partial charge is 0.370 e. The first-order valence-electron chi connectivity index (χ1n) is 10.7. The zero-order valence-electron chi connectivity index (χ0n) is 18.0. The number of rotatable bonds is 6. The summed E-state index contributed by atoms with van der Waals surface area (Å²) in [6.45, 7) is 11.7. The zero-order chi connectivity index (χ0) is 21.1.